The number of hydrogen-bond donors (Lipinski definition) is 5. The molecular weight excluding hydrogens is 1450 g/mol. The van der Waals surface area contributed by atoms with Gasteiger partial charge in [0.2, 0.25) is 23.6 Å². The fourth-order valence-corrected chi connectivity index (χ4v) is 11.8. The van der Waals surface area contributed by atoms with Gasteiger partial charge < -0.3 is 62.4 Å². The SMILES string of the molecule is CC[C@@H](C)C(=O)N[C@H](C(=O)N1CCC[C@H]1CN(CCc1ccc(F)cc1)C(=O)c1cn(-c2ccc(F)cc2)nn1)C(C)(C)C.C[C@@H](C(=O)N[C@H](C(=O)N1CCC[C@H]1CN(CCc1ccc(F)cc1)C(=O)c1cn(-c2ccc(F)cc2)nn1)C(C)(C)C)N(C)C(=O)OC(C)(C)C.N.N/C([C-]=O)=C\Nc1ccc(F)cc1.[Na+].[OH-]. The van der Waals surface area contributed by atoms with E-state index in [0.717, 1.165) is 17.5 Å². The minimum absolute atomic E-state index is 0. The van der Waals surface area contributed by atoms with Crippen molar-refractivity contribution in [3.05, 3.63) is 197 Å². The normalized spacial score (nSPS) is 15.1. The third-order valence-electron chi connectivity index (χ3n) is 18.4. The number of rotatable bonds is 25. The molecule has 0 bridgehead atoms. The van der Waals surface area contributed by atoms with Crippen LogP contribution >= 0.6 is 0 Å². The van der Waals surface area contributed by atoms with Gasteiger partial charge in [0.05, 0.1) is 23.8 Å². The molecule has 7 amide bonds. The average molecular weight is 1550 g/mol. The molecule has 0 radical (unpaired) electrons. The molecule has 111 heavy (non-hydrogen) atoms. The molecule has 26 nitrogen and oxygen atoms in total. The molecule has 6 atom stereocenters. The third-order valence-corrected chi connectivity index (χ3v) is 18.4. The van der Waals surface area contributed by atoms with E-state index in [2.05, 4.69) is 36.6 Å². The number of benzene rings is 5. The van der Waals surface area contributed by atoms with Gasteiger partial charge in [0.1, 0.15) is 52.8 Å². The Bertz CT molecular complexity index is 4210. The van der Waals surface area contributed by atoms with Crippen LogP contribution in [0.1, 0.15) is 147 Å². The molecule has 0 unspecified atom stereocenters. The molecule has 9 N–H and O–H groups in total. The molecular formula is C79H103F5N16NaO10-. The topological polar surface area (TPSA) is 351 Å². The molecule has 0 aliphatic carbocycles. The maximum Gasteiger partial charge on any atom is 1.00 e. The number of carbonyl (C=O) groups excluding carboxylic acids is 8. The summed E-state index contributed by atoms with van der Waals surface area (Å²) in [6, 6.07) is 25.9. The first kappa shape index (κ1) is 93.4. The Labute approximate surface area is 667 Å². The smallest absolute Gasteiger partial charge is 0.870 e. The van der Waals surface area contributed by atoms with Crippen LogP contribution in [0.25, 0.3) is 11.4 Å². The number of likely N-dealkylation sites (N-methyl/N-ethyl adjacent to an activating group) is 1. The van der Waals surface area contributed by atoms with E-state index in [1.54, 1.807) is 71.6 Å². The second kappa shape index (κ2) is 42.5. The number of allylic oxidation sites excluding steroid dienone is 1. The number of likely N-dealkylation sites (tertiary alicyclic amines) is 2. The summed E-state index contributed by atoms with van der Waals surface area (Å²) in [5.41, 5.74) is 6.74. The Morgan fingerprint density at radius 3 is 1.31 bits per heavy atom. The summed E-state index contributed by atoms with van der Waals surface area (Å²) in [5, 5.41) is 24.9. The monoisotopic (exact) mass is 1550 g/mol. The van der Waals surface area contributed by atoms with Gasteiger partial charge in [0.25, 0.3) is 11.8 Å². The van der Waals surface area contributed by atoms with E-state index in [1.165, 1.54) is 143 Å². The van der Waals surface area contributed by atoms with Gasteiger partial charge in [0, 0.05) is 76.3 Å². The largest absolute Gasteiger partial charge is 1.00 e. The number of ether oxygens (including phenoxy) is 1. The van der Waals surface area contributed by atoms with Crippen LogP contribution in [-0.4, -0.2) is 190 Å². The van der Waals surface area contributed by atoms with Gasteiger partial charge in [-0.2, -0.15) is 0 Å². The fourth-order valence-electron chi connectivity index (χ4n) is 11.8. The summed E-state index contributed by atoms with van der Waals surface area (Å²) >= 11 is 0. The van der Waals surface area contributed by atoms with Gasteiger partial charge in [-0.1, -0.05) is 95.8 Å². The summed E-state index contributed by atoms with van der Waals surface area (Å²) < 4.78 is 74.7. The van der Waals surface area contributed by atoms with E-state index in [4.69, 9.17) is 10.5 Å². The van der Waals surface area contributed by atoms with E-state index in [9.17, 15) is 60.3 Å². The first-order chi connectivity index (χ1) is 50.9. The van der Waals surface area contributed by atoms with Crippen molar-refractivity contribution in [2.24, 2.45) is 22.5 Å². The molecule has 9 rings (SSSR count). The predicted molar refractivity (Wildman–Crippen MR) is 405 cm³/mol. The van der Waals surface area contributed by atoms with E-state index in [0.29, 0.717) is 75.2 Å². The number of hydrogen-bond acceptors (Lipinski definition) is 17. The quantitative estimate of drug-likeness (QED) is 0.0157. The second-order valence-electron chi connectivity index (χ2n) is 30.0. The predicted octanol–water partition coefficient (Wildman–Crippen LogP) is 7.94. The molecule has 7 aromatic rings. The van der Waals surface area contributed by atoms with Crippen molar-refractivity contribution in [1.82, 2.24) is 71.3 Å². The Kier molecular flexibility index (Phi) is 35.7. The summed E-state index contributed by atoms with van der Waals surface area (Å²) in [4.78, 5) is 113. The third kappa shape index (κ3) is 27.8. The van der Waals surface area contributed by atoms with Crippen LogP contribution in [0.15, 0.2) is 146 Å². The molecule has 2 fully saturated rings. The van der Waals surface area contributed by atoms with Crippen LogP contribution in [0.2, 0.25) is 0 Å². The van der Waals surface area contributed by atoms with Gasteiger partial charge in [-0.25, -0.2) is 36.1 Å². The molecule has 2 aliphatic rings. The number of anilines is 1. The van der Waals surface area contributed by atoms with Crippen LogP contribution in [-0.2, 0) is 41.6 Å². The molecule has 2 aromatic heterocycles. The van der Waals surface area contributed by atoms with Crippen LogP contribution in [0.3, 0.4) is 0 Å². The van der Waals surface area contributed by atoms with Crippen molar-refractivity contribution in [2.75, 3.05) is 51.6 Å². The van der Waals surface area contributed by atoms with Gasteiger partial charge in [-0.05, 0) is 192 Å². The maximum atomic E-state index is 14.3. The Hall–Kier alpha value is -9.95. The van der Waals surface area contributed by atoms with Gasteiger partial charge in [-0.15, -0.1) is 16.4 Å². The van der Waals surface area contributed by atoms with Crippen LogP contribution < -0.4 is 57.4 Å². The number of halogens is 5. The number of nitrogens with zero attached hydrogens (tertiary/aromatic N) is 11. The molecule has 32 heteroatoms. The Morgan fingerprint density at radius 1 is 0.595 bits per heavy atom. The van der Waals surface area contributed by atoms with Crippen molar-refractivity contribution in [3.8, 4) is 11.4 Å². The van der Waals surface area contributed by atoms with Gasteiger partial charge in [-0.3, -0.25) is 33.7 Å². The zero-order valence-corrected chi connectivity index (χ0v) is 67.7. The summed E-state index contributed by atoms with van der Waals surface area (Å²) in [6.45, 7) is 23.8. The molecule has 0 spiro atoms. The second-order valence-corrected chi connectivity index (χ2v) is 30.0. The zero-order chi connectivity index (χ0) is 79.4. The zero-order valence-electron chi connectivity index (χ0n) is 65.7. The maximum absolute atomic E-state index is 14.3. The molecule has 0 saturated carbocycles. The summed E-state index contributed by atoms with van der Waals surface area (Å²) in [6.07, 6.45) is 9.44. The minimum Gasteiger partial charge on any atom is -0.870 e. The van der Waals surface area contributed by atoms with Crippen molar-refractivity contribution < 1.29 is 100 Å². The Morgan fingerprint density at radius 2 is 0.955 bits per heavy atom. The number of nitrogens with one attached hydrogen (secondary N) is 3. The molecule has 4 heterocycles. The van der Waals surface area contributed by atoms with Gasteiger partial charge >= 0.3 is 35.7 Å². The summed E-state index contributed by atoms with van der Waals surface area (Å²) in [5.74, 6) is -3.93. The van der Waals surface area contributed by atoms with Gasteiger partial charge in [0.15, 0.2) is 11.4 Å². The molecule has 2 aliphatic heterocycles. The average Bonchev–Trinajstić information content (AvgIpc) is 1.68. The number of amides is 7. The summed E-state index contributed by atoms with van der Waals surface area (Å²) in [7, 11) is 1.47. The molecule has 596 valence electrons. The Balaban J connectivity index is 0.000000395. The van der Waals surface area contributed by atoms with E-state index in [-0.39, 0.29) is 143 Å². The van der Waals surface area contributed by atoms with Crippen molar-refractivity contribution in [1.29, 1.82) is 0 Å². The van der Waals surface area contributed by atoms with Crippen molar-refractivity contribution in [3.63, 3.8) is 0 Å². The number of aromatic nitrogens is 6. The molecule has 2 saturated heterocycles. The van der Waals surface area contributed by atoms with Crippen LogP contribution in [0, 0.1) is 45.8 Å². The van der Waals surface area contributed by atoms with E-state index >= 15 is 0 Å². The minimum atomic E-state index is -0.931. The molecule has 5 aromatic carbocycles. The van der Waals surface area contributed by atoms with Crippen molar-refractivity contribution in [2.45, 2.75) is 164 Å². The van der Waals surface area contributed by atoms with Crippen molar-refractivity contribution >= 4 is 53.5 Å². The number of carbonyl (C=O) groups is 7. The van der Waals surface area contributed by atoms with Crippen LogP contribution in [0.5, 0.6) is 0 Å². The van der Waals surface area contributed by atoms with E-state index in [1.807, 2.05) is 55.4 Å². The first-order valence-electron chi connectivity index (χ1n) is 35.9. The van der Waals surface area contributed by atoms with E-state index < -0.39 is 58.3 Å². The number of nitrogens with two attached hydrogens (primary N) is 1. The first-order valence-corrected chi connectivity index (χ1v) is 35.9. The standard InChI is InChI=1S/C37H49F2N7O5.C33H42F2N6O3.C9H8FN2O.H3N.Na.H2O/c1-24(43(8)35(50)51-37(5,6)7)32(47)40-31(36(2,3)4)34(49)45-20-9-10-29(45)22-44(21-19-25-11-13-26(38)14-12-25)33(48)30-23-46(42-41-30)28-17-15-27(39)16-18-28;1-6-22(2)30(42)36-29(33(3,4)5)32(44)40-18-7-8-27(40)20-39(19-17-23-9-11-24(34)12-10-23)31(43)28-21-41(38-37-28)26-15-13-25(35)14-16-26;10-7-1-3-9(4-2-7)12-5-8(11)6-13;;;/h11-18,23-24,29,31H,9-10,19-22H2,1-8H3,(H,40,47);9-16,21-22,27,29H,6-8,17-20H2,1-5H3,(H,36,42);1-5,12H,11H2;1H3;;1H2/q;;-1;;+1;/p-1/b;;8-5-;;;/t24-,29-,31+;22-,27+,29-;;;;/m01..../s1. The fraction of sp³-hybridized carbons (Fsp3) is 0.443. The van der Waals surface area contributed by atoms with Crippen LogP contribution in [0.4, 0.5) is 32.4 Å².